The van der Waals surface area contributed by atoms with E-state index in [9.17, 15) is 0 Å². The highest BCUT2D eigenvalue weighted by Gasteiger charge is 2.29. The van der Waals surface area contributed by atoms with Gasteiger partial charge in [0.1, 0.15) is 0 Å². The molecule has 0 fully saturated rings. The van der Waals surface area contributed by atoms with Crippen LogP contribution in [-0.2, 0) is 4.74 Å². The van der Waals surface area contributed by atoms with Crippen molar-refractivity contribution in [3.63, 3.8) is 0 Å². The highest BCUT2D eigenvalue weighted by molar-refractivity contribution is 8.13. The van der Waals surface area contributed by atoms with Crippen molar-refractivity contribution >= 4 is 16.9 Å². The summed E-state index contributed by atoms with van der Waals surface area (Å²) >= 11 is 1.89. The molecule has 0 saturated carbocycles. The number of thioether (sulfide) groups is 1. The summed E-state index contributed by atoms with van der Waals surface area (Å²) in [5.74, 6) is 1.83. The third-order valence-corrected chi connectivity index (χ3v) is 5.07. The van der Waals surface area contributed by atoms with E-state index >= 15 is 0 Å². The number of hydrogen-bond acceptors (Lipinski definition) is 4. The van der Waals surface area contributed by atoms with Crippen LogP contribution >= 0.6 is 11.8 Å². The number of amidine groups is 1. The van der Waals surface area contributed by atoms with E-state index in [1.807, 2.05) is 11.8 Å². The SMILES string of the molecule is CCC1(CC)CN=C(NCCCOCC(C)C)SC1. The third kappa shape index (κ3) is 6.17. The van der Waals surface area contributed by atoms with Crippen molar-refractivity contribution in [2.75, 3.05) is 32.1 Å². The number of hydrogen-bond donors (Lipinski definition) is 1. The van der Waals surface area contributed by atoms with Gasteiger partial charge < -0.3 is 10.1 Å². The summed E-state index contributed by atoms with van der Waals surface area (Å²) in [4.78, 5) is 4.70. The maximum absolute atomic E-state index is 5.57. The Morgan fingerprint density at radius 1 is 1.37 bits per heavy atom. The van der Waals surface area contributed by atoms with E-state index < -0.39 is 0 Å². The van der Waals surface area contributed by atoms with Crippen molar-refractivity contribution in [1.29, 1.82) is 0 Å². The Labute approximate surface area is 123 Å². The summed E-state index contributed by atoms with van der Waals surface area (Å²) in [6, 6.07) is 0. The van der Waals surface area contributed by atoms with Crippen LogP contribution in [0.15, 0.2) is 4.99 Å². The Kier molecular flexibility index (Phi) is 7.84. The number of rotatable bonds is 8. The summed E-state index contributed by atoms with van der Waals surface area (Å²) in [5.41, 5.74) is 0.441. The van der Waals surface area contributed by atoms with Gasteiger partial charge in [-0.1, -0.05) is 39.5 Å². The standard InChI is InChI=1S/C15H30N2OS/c1-5-15(6-2)11-17-14(19-12-15)16-8-7-9-18-10-13(3)4/h13H,5-12H2,1-4H3,(H,16,17). The fraction of sp³-hybridized carbons (Fsp3) is 0.933. The normalized spacial score (nSPS) is 18.5. The lowest BCUT2D eigenvalue weighted by Gasteiger charge is -2.33. The first-order valence-corrected chi connectivity index (χ1v) is 8.59. The van der Waals surface area contributed by atoms with Gasteiger partial charge >= 0.3 is 0 Å². The van der Waals surface area contributed by atoms with Gasteiger partial charge in [-0.15, -0.1) is 0 Å². The molecule has 1 aliphatic rings. The minimum atomic E-state index is 0.441. The van der Waals surface area contributed by atoms with Gasteiger partial charge in [-0.25, -0.2) is 0 Å². The Balaban J connectivity index is 2.13. The van der Waals surface area contributed by atoms with Crippen LogP contribution in [0.5, 0.6) is 0 Å². The van der Waals surface area contributed by atoms with Gasteiger partial charge in [-0.2, -0.15) is 0 Å². The highest BCUT2D eigenvalue weighted by atomic mass is 32.2. The van der Waals surface area contributed by atoms with Crippen LogP contribution in [0.25, 0.3) is 0 Å². The number of aliphatic imine (C=N–C) groups is 1. The van der Waals surface area contributed by atoms with E-state index in [2.05, 4.69) is 33.0 Å². The number of nitrogens with zero attached hydrogens (tertiary/aromatic N) is 1. The molecule has 0 spiro atoms. The van der Waals surface area contributed by atoms with Gasteiger partial charge in [0, 0.05) is 32.1 Å². The van der Waals surface area contributed by atoms with Gasteiger partial charge in [0.25, 0.3) is 0 Å². The van der Waals surface area contributed by atoms with Crippen molar-refractivity contribution in [3.8, 4) is 0 Å². The molecule has 0 aromatic rings. The maximum Gasteiger partial charge on any atom is 0.156 e. The number of nitrogens with one attached hydrogen (secondary N) is 1. The lowest BCUT2D eigenvalue weighted by molar-refractivity contribution is 0.108. The molecule has 0 saturated heterocycles. The predicted molar refractivity (Wildman–Crippen MR) is 86.1 cm³/mol. The molecule has 1 heterocycles. The van der Waals surface area contributed by atoms with Gasteiger partial charge in [0.15, 0.2) is 5.17 Å². The van der Waals surface area contributed by atoms with Crippen molar-refractivity contribution in [3.05, 3.63) is 0 Å². The lowest BCUT2D eigenvalue weighted by atomic mass is 9.84. The Morgan fingerprint density at radius 2 is 2.11 bits per heavy atom. The minimum Gasteiger partial charge on any atom is -0.381 e. The van der Waals surface area contributed by atoms with Crippen LogP contribution in [0.3, 0.4) is 0 Å². The minimum absolute atomic E-state index is 0.441. The van der Waals surface area contributed by atoms with E-state index in [1.54, 1.807) is 0 Å². The molecule has 0 unspecified atom stereocenters. The van der Waals surface area contributed by atoms with E-state index in [4.69, 9.17) is 9.73 Å². The number of ether oxygens (including phenoxy) is 1. The Bertz CT molecular complexity index is 275. The summed E-state index contributed by atoms with van der Waals surface area (Å²) in [5, 5.41) is 4.55. The molecule has 19 heavy (non-hydrogen) atoms. The zero-order valence-electron chi connectivity index (χ0n) is 13.0. The van der Waals surface area contributed by atoms with Gasteiger partial charge in [0.05, 0.1) is 0 Å². The molecular formula is C15H30N2OS. The summed E-state index contributed by atoms with van der Waals surface area (Å²) < 4.78 is 5.57. The van der Waals surface area contributed by atoms with Crippen molar-refractivity contribution in [2.45, 2.75) is 47.0 Å². The maximum atomic E-state index is 5.57. The first-order valence-electron chi connectivity index (χ1n) is 7.60. The highest BCUT2D eigenvalue weighted by Crippen LogP contribution is 2.34. The van der Waals surface area contributed by atoms with Crippen LogP contribution in [0.4, 0.5) is 0 Å². The molecule has 0 aromatic heterocycles. The molecule has 1 rings (SSSR count). The first-order chi connectivity index (χ1) is 9.12. The lowest BCUT2D eigenvalue weighted by Crippen LogP contribution is -2.35. The van der Waals surface area contributed by atoms with E-state index in [-0.39, 0.29) is 0 Å². The zero-order chi connectivity index (χ0) is 14.1. The molecule has 0 radical (unpaired) electrons. The quantitative estimate of drug-likeness (QED) is 0.693. The van der Waals surface area contributed by atoms with Crippen LogP contribution in [0.1, 0.15) is 47.0 Å². The topological polar surface area (TPSA) is 33.6 Å². The smallest absolute Gasteiger partial charge is 0.156 e. The van der Waals surface area contributed by atoms with Crippen LogP contribution in [0.2, 0.25) is 0 Å². The van der Waals surface area contributed by atoms with E-state index in [0.29, 0.717) is 11.3 Å². The Hall–Kier alpha value is -0.220. The van der Waals surface area contributed by atoms with Crippen LogP contribution < -0.4 is 5.32 Å². The second-order valence-electron chi connectivity index (χ2n) is 5.87. The van der Waals surface area contributed by atoms with Gasteiger partial charge in [0.2, 0.25) is 0 Å². The molecule has 0 aliphatic carbocycles. The molecule has 112 valence electrons. The van der Waals surface area contributed by atoms with E-state index in [1.165, 1.54) is 18.6 Å². The third-order valence-electron chi connectivity index (χ3n) is 3.77. The largest absolute Gasteiger partial charge is 0.381 e. The molecule has 1 aliphatic heterocycles. The van der Waals surface area contributed by atoms with Crippen LogP contribution in [0, 0.1) is 11.3 Å². The summed E-state index contributed by atoms with van der Waals surface area (Å²) in [6.45, 7) is 12.6. The molecule has 3 nitrogen and oxygen atoms in total. The molecule has 1 N–H and O–H groups in total. The van der Waals surface area contributed by atoms with Crippen molar-refractivity contribution in [1.82, 2.24) is 5.32 Å². The average molecular weight is 286 g/mol. The fourth-order valence-corrected chi connectivity index (χ4v) is 3.33. The molecule has 0 atom stereocenters. The first kappa shape index (κ1) is 16.8. The fourth-order valence-electron chi connectivity index (χ4n) is 2.03. The second-order valence-corrected chi connectivity index (χ2v) is 6.83. The molecule has 4 heteroatoms. The average Bonchev–Trinajstić information content (AvgIpc) is 2.43. The molecule has 0 bridgehead atoms. The monoisotopic (exact) mass is 286 g/mol. The second kappa shape index (κ2) is 8.85. The molecule has 0 aromatic carbocycles. The molecular weight excluding hydrogens is 256 g/mol. The Morgan fingerprint density at radius 3 is 2.63 bits per heavy atom. The van der Waals surface area contributed by atoms with Crippen molar-refractivity contribution in [2.24, 2.45) is 16.3 Å². The zero-order valence-corrected chi connectivity index (χ0v) is 13.8. The predicted octanol–water partition coefficient (Wildman–Crippen LogP) is 3.55. The van der Waals surface area contributed by atoms with Crippen molar-refractivity contribution < 1.29 is 4.74 Å². The van der Waals surface area contributed by atoms with Crippen LogP contribution in [-0.4, -0.2) is 37.2 Å². The molecule has 0 amide bonds. The van der Waals surface area contributed by atoms with E-state index in [0.717, 1.165) is 37.9 Å². The van der Waals surface area contributed by atoms with Gasteiger partial charge in [-0.05, 0) is 30.6 Å². The summed E-state index contributed by atoms with van der Waals surface area (Å²) in [6.07, 6.45) is 3.52. The summed E-state index contributed by atoms with van der Waals surface area (Å²) in [7, 11) is 0. The van der Waals surface area contributed by atoms with Gasteiger partial charge in [-0.3, -0.25) is 4.99 Å².